The Bertz CT molecular complexity index is 991. The van der Waals surface area contributed by atoms with E-state index in [1.807, 2.05) is 0 Å². The van der Waals surface area contributed by atoms with E-state index in [1.165, 1.54) is 26.4 Å². The van der Waals surface area contributed by atoms with Crippen LogP contribution in [0.3, 0.4) is 0 Å². The second-order valence-electron chi connectivity index (χ2n) is 7.16. The lowest BCUT2D eigenvalue weighted by atomic mass is 10.3. The standard InChI is InChI=1S/C22H29N3O6S/c1-29-18-7-9-19(10-8-18)32(27,28)25(20-5-3-4-6-21(20)30-2)17-22(26)23-11-12-24-13-15-31-16-14-24/h3-10H,11-17H2,1-2H3,(H,23,26). The fourth-order valence-electron chi connectivity index (χ4n) is 3.37. The number of nitrogens with zero attached hydrogens (tertiary/aromatic N) is 2. The monoisotopic (exact) mass is 463 g/mol. The first-order chi connectivity index (χ1) is 15.5. The van der Waals surface area contributed by atoms with Crippen LogP contribution in [0.4, 0.5) is 5.69 Å². The molecule has 0 atom stereocenters. The molecular weight excluding hydrogens is 434 g/mol. The summed E-state index contributed by atoms with van der Waals surface area (Å²) in [5.41, 5.74) is 0.286. The maximum absolute atomic E-state index is 13.5. The van der Waals surface area contributed by atoms with Crippen molar-refractivity contribution in [2.75, 3.05) is 64.5 Å². The largest absolute Gasteiger partial charge is 0.497 e. The predicted octanol–water partition coefficient (Wildman–Crippen LogP) is 1.35. The van der Waals surface area contributed by atoms with Gasteiger partial charge in [0.1, 0.15) is 18.0 Å². The molecule has 1 amide bonds. The molecule has 1 fully saturated rings. The summed E-state index contributed by atoms with van der Waals surface area (Å²) in [6, 6.07) is 12.7. The number of methoxy groups -OCH3 is 2. The highest BCUT2D eigenvalue weighted by Crippen LogP contribution is 2.32. The van der Waals surface area contributed by atoms with E-state index in [0.717, 1.165) is 17.4 Å². The van der Waals surface area contributed by atoms with Crippen molar-refractivity contribution in [3.8, 4) is 11.5 Å². The molecule has 0 aromatic heterocycles. The lowest BCUT2D eigenvalue weighted by Gasteiger charge is -2.27. The summed E-state index contributed by atoms with van der Waals surface area (Å²) in [6.07, 6.45) is 0. The molecule has 10 heteroatoms. The van der Waals surface area contributed by atoms with E-state index in [4.69, 9.17) is 14.2 Å². The maximum atomic E-state index is 13.5. The summed E-state index contributed by atoms with van der Waals surface area (Å²) in [6.45, 7) is 3.70. The number of benzene rings is 2. The smallest absolute Gasteiger partial charge is 0.264 e. The van der Waals surface area contributed by atoms with Gasteiger partial charge in [0.15, 0.2) is 0 Å². The number of rotatable bonds is 10. The van der Waals surface area contributed by atoms with Gasteiger partial charge in [0.05, 0.1) is 38.0 Å². The highest BCUT2D eigenvalue weighted by Gasteiger charge is 2.29. The molecular formula is C22H29N3O6S. The molecule has 0 radical (unpaired) electrons. The number of para-hydroxylation sites is 2. The molecule has 1 heterocycles. The van der Waals surface area contributed by atoms with E-state index in [9.17, 15) is 13.2 Å². The van der Waals surface area contributed by atoms with E-state index >= 15 is 0 Å². The van der Waals surface area contributed by atoms with E-state index in [2.05, 4.69) is 10.2 Å². The van der Waals surface area contributed by atoms with Gasteiger partial charge in [-0.05, 0) is 36.4 Å². The normalized spacial score (nSPS) is 14.6. The Labute approximate surface area is 188 Å². The van der Waals surface area contributed by atoms with E-state index < -0.39 is 15.9 Å². The SMILES string of the molecule is COc1ccc(S(=O)(=O)N(CC(=O)NCCN2CCOCC2)c2ccccc2OC)cc1. The van der Waals surface area contributed by atoms with Crippen LogP contribution < -0.4 is 19.1 Å². The Morgan fingerprint density at radius 1 is 1.06 bits per heavy atom. The molecule has 2 aromatic carbocycles. The zero-order chi connectivity index (χ0) is 23.0. The van der Waals surface area contributed by atoms with Crippen molar-refractivity contribution in [1.29, 1.82) is 0 Å². The zero-order valence-corrected chi connectivity index (χ0v) is 19.1. The van der Waals surface area contributed by atoms with Crippen LogP contribution >= 0.6 is 0 Å². The fourth-order valence-corrected chi connectivity index (χ4v) is 4.81. The molecule has 0 aliphatic carbocycles. The van der Waals surface area contributed by atoms with Gasteiger partial charge in [0.2, 0.25) is 5.91 Å². The van der Waals surface area contributed by atoms with Gasteiger partial charge in [-0.15, -0.1) is 0 Å². The van der Waals surface area contributed by atoms with E-state index in [-0.39, 0.29) is 17.1 Å². The van der Waals surface area contributed by atoms with Crippen molar-refractivity contribution in [2.45, 2.75) is 4.90 Å². The second kappa shape index (κ2) is 11.2. The van der Waals surface area contributed by atoms with Gasteiger partial charge in [0, 0.05) is 26.2 Å². The summed E-state index contributed by atoms with van der Waals surface area (Å²) in [4.78, 5) is 15.0. The molecule has 1 saturated heterocycles. The molecule has 0 unspecified atom stereocenters. The Kier molecular flexibility index (Phi) is 8.32. The van der Waals surface area contributed by atoms with Crippen molar-refractivity contribution < 1.29 is 27.4 Å². The summed E-state index contributed by atoms with van der Waals surface area (Å²) in [5, 5.41) is 2.82. The van der Waals surface area contributed by atoms with Gasteiger partial charge < -0.3 is 19.5 Å². The summed E-state index contributed by atoms with van der Waals surface area (Å²) < 4.78 is 43.8. The van der Waals surface area contributed by atoms with Gasteiger partial charge in [-0.2, -0.15) is 0 Å². The third-order valence-electron chi connectivity index (χ3n) is 5.14. The van der Waals surface area contributed by atoms with Crippen molar-refractivity contribution >= 4 is 21.6 Å². The summed E-state index contributed by atoms with van der Waals surface area (Å²) in [7, 11) is -1.08. The third-order valence-corrected chi connectivity index (χ3v) is 6.92. The van der Waals surface area contributed by atoms with Crippen LogP contribution in [0.5, 0.6) is 11.5 Å². The Morgan fingerprint density at radius 2 is 1.75 bits per heavy atom. The number of nitrogens with one attached hydrogen (secondary N) is 1. The molecule has 0 spiro atoms. The van der Waals surface area contributed by atoms with Crippen LogP contribution in [-0.4, -0.2) is 79.4 Å². The Hall–Kier alpha value is -2.82. The highest BCUT2D eigenvalue weighted by molar-refractivity contribution is 7.92. The molecule has 174 valence electrons. The number of hydrogen-bond acceptors (Lipinski definition) is 7. The Balaban J connectivity index is 1.79. The first-order valence-corrected chi connectivity index (χ1v) is 11.8. The fraction of sp³-hybridized carbons (Fsp3) is 0.409. The number of carbonyl (C=O) groups is 1. The number of sulfonamides is 1. The summed E-state index contributed by atoms with van der Waals surface area (Å²) >= 11 is 0. The predicted molar refractivity (Wildman–Crippen MR) is 121 cm³/mol. The van der Waals surface area contributed by atoms with Crippen molar-refractivity contribution in [3.05, 3.63) is 48.5 Å². The number of carbonyl (C=O) groups excluding carboxylic acids is 1. The first-order valence-electron chi connectivity index (χ1n) is 10.3. The first kappa shape index (κ1) is 23.8. The van der Waals surface area contributed by atoms with Crippen LogP contribution in [0.25, 0.3) is 0 Å². The van der Waals surface area contributed by atoms with Crippen LogP contribution in [0.1, 0.15) is 0 Å². The number of hydrogen-bond donors (Lipinski definition) is 1. The van der Waals surface area contributed by atoms with Gasteiger partial charge in [-0.25, -0.2) is 8.42 Å². The van der Waals surface area contributed by atoms with Gasteiger partial charge in [-0.1, -0.05) is 12.1 Å². The second-order valence-corrected chi connectivity index (χ2v) is 9.03. The number of ether oxygens (including phenoxy) is 3. The van der Waals surface area contributed by atoms with Crippen molar-refractivity contribution in [1.82, 2.24) is 10.2 Å². The van der Waals surface area contributed by atoms with Gasteiger partial charge >= 0.3 is 0 Å². The molecule has 2 aromatic rings. The minimum atomic E-state index is -4.04. The van der Waals surface area contributed by atoms with Gasteiger partial charge in [0.25, 0.3) is 10.0 Å². The number of morpholine rings is 1. The molecule has 3 rings (SSSR count). The van der Waals surface area contributed by atoms with Crippen LogP contribution in [-0.2, 0) is 19.6 Å². The summed E-state index contributed by atoms with van der Waals surface area (Å²) in [5.74, 6) is 0.487. The topological polar surface area (TPSA) is 97.4 Å². The van der Waals surface area contributed by atoms with E-state index in [0.29, 0.717) is 37.8 Å². The number of amides is 1. The van der Waals surface area contributed by atoms with Gasteiger partial charge in [-0.3, -0.25) is 14.0 Å². The van der Waals surface area contributed by atoms with Crippen molar-refractivity contribution in [3.63, 3.8) is 0 Å². The zero-order valence-electron chi connectivity index (χ0n) is 18.3. The Morgan fingerprint density at radius 3 is 2.41 bits per heavy atom. The van der Waals surface area contributed by atoms with Crippen LogP contribution in [0.2, 0.25) is 0 Å². The molecule has 1 aliphatic rings. The average Bonchev–Trinajstić information content (AvgIpc) is 2.83. The number of anilines is 1. The van der Waals surface area contributed by atoms with Crippen molar-refractivity contribution in [2.24, 2.45) is 0 Å². The van der Waals surface area contributed by atoms with E-state index in [1.54, 1.807) is 36.4 Å². The lowest BCUT2D eigenvalue weighted by Crippen LogP contribution is -2.45. The van der Waals surface area contributed by atoms with Crippen LogP contribution in [0, 0.1) is 0 Å². The molecule has 0 saturated carbocycles. The average molecular weight is 464 g/mol. The maximum Gasteiger partial charge on any atom is 0.264 e. The molecule has 9 nitrogen and oxygen atoms in total. The quantitative estimate of drug-likeness (QED) is 0.568. The van der Waals surface area contributed by atoms with Crippen LogP contribution in [0.15, 0.2) is 53.4 Å². The molecule has 1 N–H and O–H groups in total. The molecule has 32 heavy (non-hydrogen) atoms. The molecule has 0 bridgehead atoms. The highest BCUT2D eigenvalue weighted by atomic mass is 32.2. The lowest BCUT2D eigenvalue weighted by molar-refractivity contribution is -0.119. The minimum Gasteiger partial charge on any atom is -0.497 e. The third kappa shape index (κ3) is 5.90. The molecule has 1 aliphatic heterocycles. The minimum absolute atomic E-state index is 0.0466.